The molecule has 3 aromatic rings. The van der Waals surface area contributed by atoms with Crippen molar-refractivity contribution in [2.45, 2.75) is 32.5 Å². The summed E-state index contributed by atoms with van der Waals surface area (Å²) in [5.74, 6) is -0.194. The molecule has 0 unspecified atom stereocenters. The Morgan fingerprint density at radius 2 is 2.07 bits per heavy atom. The van der Waals surface area contributed by atoms with Crippen LogP contribution in [0.25, 0.3) is 11.0 Å². The number of Topliss-reactive ketones (excluding diaryl/α,β-unsaturated/α-hetero) is 1. The fourth-order valence-corrected chi connectivity index (χ4v) is 3.61. The number of carbonyl (C=O) groups is 2. The van der Waals surface area contributed by atoms with Crippen LogP contribution in [0.2, 0.25) is 0 Å². The van der Waals surface area contributed by atoms with Gasteiger partial charge in [-0.15, -0.1) is 0 Å². The molecule has 0 aliphatic carbocycles. The van der Waals surface area contributed by atoms with Gasteiger partial charge in [-0.3, -0.25) is 19.0 Å². The third-order valence-corrected chi connectivity index (χ3v) is 5.02. The van der Waals surface area contributed by atoms with Gasteiger partial charge < -0.3 is 10.3 Å². The molecule has 1 aromatic carbocycles. The average Bonchev–Trinajstić information content (AvgIpc) is 3.01. The van der Waals surface area contributed by atoms with E-state index < -0.39 is 0 Å². The molecular weight excluding hydrogens is 364 g/mol. The Bertz CT molecular complexity index is 1080. The highest BCUT2D eigenvalue weighted by Gasteiger charge is 2.14. The topological polar surface area (TPSA) is 96.8 Å². The van der Waals surface area contributed by atoms with Crippen LogP contribution in [-0.4, -0.2) is 32.0 Å². The SMILES string of the molecule is CCn1c(SCC(=O)Nc2cccc(C(C)=O)c2)nc2cc(C)[nH]c2c1=O. The number of fused-ring (bicyclic) bond motifs is 1. The van der Waals surface area contributed by atoms with E-state index >= 15 is 0 Å². The number of nitrogens with one attached hydrogen (secondary N) is 2. The highest BCUT2D eigenvalue weighted by atomic mass is 32.2. The number of rotatable bonds is 6. The third kappa shape index (κ3) is 4.11. The summed E-state index contributed by atoms with van der Waals surface area (Å²) < 4.78 is 1.55. The van der Waals surface area contributed by atoms with Crippen molar-refractivity contribution >= 4 is 40.2 Å². The number of carbonyl (C=O) groups excluding carboxylic acids is 2. The number of amides is 1. The molecule has 0 atom stereocenters. The van der Waals surface area contributed by atoms with Crippen LogP contribution in [-0.2, 0) is 11.3 Å². The Hall–Kier alpha value is -2.87. The number of aryl methyl sites for hydroxylation is 1. The summed E-state index contributed by atoms with van der Waals surface area (Å²) in [5, 5.41) is 3.27. The van der Waals surface area contributed by atoms with Crippen LogP contribution in [0.4, 0.5) is 5.69 Å². The predicted molar refractivity (Wildman–Crippen MR) is 107 cm³/mol. The maximum absolute atomic E-state index is 12.6. The van der Waals surface area contributed by atoms with Crippen LogP contribution < -0.4 is 10.9 Å². The number of thioether (sulfide) groups is 1. The molecule has 0 bridgehead atoms. The Kier molecular flexibility index (Phi) is 5.46. The van der Waals surface area contributed by atoms with Crippen LogP contribution in [0.3, 0.4) is 0 Å². The first-order valence-corrected chi connectivity index (χ1v) is 9.51. The summed E-state index contributed by atoms with van der Waals surface area (Å²) in [6, 6.07) is 8.60. The second kappa shape index (κ2) is 7.79. The molecule has 0 fully saturated rings. The van der Waals surface area contributed by atoms with Gasteiger partial charge in [-0.2, -0.15) is 0 Å². The third-order valence-electron chi connectivity index (χ3n) is 4.04. The molecule has 0 aliphatic rings. The van der Waals surface area contributed by atoms with E-state index in [1.54, 1.807) is 28.8 Å². The minimum Gasteiger partial charge on any atom is -0.353 e. The molecule has 7 nitrogen and oxygen atoms in total. The number of nitrogens with zero attached hydrogens (tertiary/aromatic N) is 2. The van der Waals surface area contributed by atoms with E-state index in [4.69, 9.17) is 0 Å². The largest absolute Gasteiger partial charge is 0.353 e. The van der Waals surface area contributed by atoms with Crippen molar-refractivity contribution in [2.75, 3.05) is 11.1 Å². The lowest BCUT2D eigenvalue weighted by Gasteiger charge is -2.10. The van der Waals surface area contributed by atoms with Crippen LogP contribution >= 0.6 is 11.8 Å². The molecule has 0 saturated carbocycles. The van der Waals surface area contributed by atoms with Gasteiger partial charge in [-0.05, 0) is 39.0 Å². The van der Waals surface area contributed by atoms with E-state index in [0.29, 0.717) is 34.0 Å². The normalized spacial score (nSPS) is 10.9. The van der Waals surface area contributed by atoms with E-state index in [1.165, 1.54) is 18.7 Å². The van der Waals surface area contributed by atoms with Crippen molar-refractivity contribution in [3.8, 4) is 0 Å². The molecule has 3 rings (SSSR count). The quantitative estimate of drug-likeness (QED) is 0.387. The smallest absolute Gasteiger partial charge is 0.278 e. The summed E-state index contributed by atoms with van der Waals surface area (Å²) in [7, 11) is 0. The molecule has 0 saturated heterocycles. The molecule has 0 radical (unpaired) electrons. The van der Waals surface area contributed by atoms with Gasteiger partial charge in [-0.1, -0.05) is 23.9 Å². The molecule has 8 heteroatoms. The number of aromatic amines is 1. The second-order valence-electron chi connectivity index (χ2n) is 6.13. The summed E-state index contributed by atoms with van der Waals surface area (Å²) in [4.78, 5) is 43.8. The highest BCUT2D eigenvalue weighted by molar-refractivity contribution is 7.99. The van der Waals surface area contributed by atoms with Crippen molar-refractivity contribution in [3.63, 3.8) is 0 Å². The first-order valence-electron chi connectivity index (χ1n) is 8.53. The number of hydrogen-bond donors (Lipinski definition) is 2. The van der Waals surface area contributed by atoms with Gasteiger partial charge in [0.25, 0.3) is 5.56 Å². The molecule has 0 spiro atoms. The van der Waals surface area contributed by atoms with Crippen LogP contribution in [0.1, 0.15) is 29.9 Å². The van der Waals surface area contributed by atoms with Crippen molar-refractivity contribution in [2.24, 2.45) is 0 Å². The lowest BCUT2D eigenvalue weighted by atomic mass is 10.1. The van der Waals surface area contributed by atoms with E-state index in [1.807, 2.05) is 19.9 Å². The van der Waals surface area contributed by atoms with Gasteiger partial charge in [0.05, 0.1) is 11.3 Å². The second-order valence-corrected chi connectivity index (χ2v) is 7.07. The Balaban J connectivity index is 1.76. The molecule has 1 amide bonds. The monoisotopic (exact) mass is 384 g/mol. The molecule has 0 aliphatic heterocycles. The van der Waals surface area contributed by atoms with Crippen LogP contribution in [0.5, 0.6) is 0 Å². The van der Waals surface area contributed by atoms with Gasteiger partial charge >= 0.3 is 0 Å². The van der Waals surface area contributed by atoms with Crippen LogP contribution in [0.15, 0.2) is 40.3 Å². The molecule has 2 N–H and O–H groups in total. The molecule has 140 valence electrons. The number of aromatic nitrogens is 3. The van der Waals surface area contributed by atoms with E-state index in [9.17, 15) is 14.4 Å². The minimum atomic E-state index is -0.233. The van der Waals surface area contributed by atoms with Gasteiger partial charge in [0, 0.05) is 23.5 Å². The summed E-state index contributed by atoms with van der Waals surface area (Å²) >= 11 is 1.21. The van der Waals surface area contributed by atoms with Gasteiger partial charge in [-0.25, -0.2) is 4.98 Å². The van der Waals surface area contributed by atoms with E-state index in [-0.39, 0.29) is 23.0 Å². The molecule has 2 aromatic heterocycles. The standard InChI is InChI=1S/C19H20N4O3S/c1-4-23-18(26)17-15(8-11(2)20-17)22-19(23)27-10-16(25)21-14-7-5-6-13(9-14)12(3)24/h5-9,20H,4,10H2,1-3H3,(H,21,25). The Morgan fingerprint density at radius 3 is 2.78 bits per heavy atom. The zero-order valence-corrected chi connectivity index (χ0v) is 16.1. The zero-order chi connectivity index (χ0) is 19.6. The summed E-state index contributed by atoms with van der Waals surface area (Å²) in [6.07, 6.45) is 0. The first-order chi connectivity index (χ1) is 12.9. The van der Waals surface area contributed by atoms with Crippen molar-refractivity contribution < 1.29 is 9.59 Å². The minimum absolute atomic E-state index is 0.0632. The fraction of sp³-hybridized carbons (Fsp3) is 0.263. The number of H-pyrrole nitrogens is 1. The zero-order valence-electron chi connectivity index (χ0n) is 15.3. The predicted octanol–water partition coefficient (Wildman–Crippen LogP) is 2.99. The fourth-order valence-electron chi connectivity index (χ4n) is 2.74. The van der Waals surface area contributed by atoms with Gasteiger partial charge in [0.2, 0.25) is 5.91 Å². The maximum Gasteiger partial charge on any atom is 0.278 e. The summed E-state index contributed by atoms with van der Waals surface area (Å²) in [6.45, 7) is 5.67. The number of ketones is 1. The number of anilines is 1. The number of benzene rings is 1. The van der Waals surface area contributed by atoms with Crippen molar-refractivity contribution in [3.05, 3.63) is 51.9 Å². The van der Waals surface area contributed by atoms with Crippen LogP contribution in [0, 0.1) is 6.92 Å². The lowest BCUT2D eigenvalue weighted by Crippen LogP contribution is -2.23. The molecule has 2 heterocycles. The van der Waals surface area contributed by atoms with Crippen molar-refractivity contribution in [1.82, 2.24) is 14.5 Å². The maximum atomic E-state index is 12.6. The first kappa shape index (κ1) is 18.9. The van der Waals surface area contributed by atoms with Gasteiger partial charge in [0.15, 0.2) is 10.9 Å². The molecule has 27 heavy (non-hydrogen) atoms. The Morgan fingerprint density at radius 1 is 1.30 bits per heavy atom. The van der Waals surface area contributed by atoms with E-state index in [0.717, 1.165) is 5.69 Å². The van der Waals surface area contributed by atoms with Gasteiger partial charge in [0.1, 0.15) is 5.52 Å². The van der Waals surface area contributed by atoms with Crippen molar-refractivity contribution in [1.29, 1.82) is 0 Å². The molecular formula is C19H20N4O3S. The Labute approximate surface area is 160 Å². The lowest BCUT2D eigenvalue weighted by molar-refractivity contribution is -0.113. The number of hydrogen-bond acceptors (Lipinski definition) is 5. The summed E-state index contributed by atoms with van der Waals surface area (Å²) in [5.41, 5.74) is 2.89. The average molecular weight is 384 g/mol. The highest BCUT2D eigenvalue weighted by Crippen LogP contribution is 2.19. The van der Waals surface area contributed by atoms with E-state index in [2.05, 4.69) is 15.3 Å².